The molecule has 0 unspecified atom stereocenters. The van der Waals surface area contributed by atoms with Gasteiger partial charge >= 0.3 is 0 Å². The molecule has 5 heterocycles. The summed E-state index contributed by atoms with van der Waals surface area (Å²) in [6, 6.07) is 66.3. The van der Waals surface area contributed by atoms with Crippen LogP contribution in [0.3, 0.4) is 0 Å². The molecule has 0 bridgehead atoms. The molecule has 2 aliphatic rings. The first-order valence-electron chi connectivity index (χ1n) is 23.5. The Balaban J connectivity index is 1.25. The van der Waals surface area contributed by atoms with Crippen molar-refractivity contribution in [3.63, 3.8) is 0 Å². The van der Waals surface area contributed by atoms with Crippen molar-refractivity contribution in [3.05, 3.63) is 187 Å². The maximum Gasteiger partial charge on any atom is 0.253 e. The summed E-state index contributed by atoms with van der Waals surface area (Å²) < 4.78 is 11.9. The van der Waals surface area contributed by atoms with Crippen molar-refractivity contribution < 1.29 is 4.42 Å². The van der Waals surface area contributed by atoms with Crippen molar-refractivity contribution in [2.24, 2.45) is 0 Å². The molecule has 0 radical (unpaired) electrons. The predicted octanol–water partition coefficient (Wildman–Crippen LogP) is 14.5. The lowest BCUT2D eigenvalue weighted by Crippen LogP contribution is -2.60. The van der Waals surface area contributed by atoms with E-state index in [0.717, 1.165) is 21.9 Å². The summed E-state index contributed by atoms with van der Waals surface area (Å²) in [6.07, 6.45) is 0. The van der Waals surface area contributed by atoms with Crippen molar-refractivity contribution in [1.82, 2.24) is 9.13 Å². The molecular weight excluding hydrogens is 800 g/mol. The largest absolute Gasteiger partial charge is 0.456 e. The highest BCUT2D eigenvalue weighted by molar-refractivity contribution is 7.01. The minimum atomic E-state index is -0.0797. The standard InChI is InChI=1S/C62H47BN2O/c1-61(2,3)40-28-29-49-45(33-40)46-34-41(62(4,5)6)35-48-59(46)64(49)50-31-39(42-25-17-27-53-55(42)44-24-15-16-26-52(44)66-53)32-51-57(50)63(48)56-43-23-14-13-22-38(43)30-47-54(36-18-9-7-10-19-36)58(65(51)60(47)56)37-20-11-8-12-21-37/h7-35H,1-6H3. The van der Waals surface area contributed by atoms with Crippen LogP contribution in [0, 0.1) is 0 Å². The summed E-state index contributed by atoms with van der Waals surface area (Å²) in [5, 5.41) is 8.76. The molecule has 0 saturated carbocycles. The van der Waals surface area contributed by atoms with Gasteiger partial charge in [-0.05, 0) is 120 Å². The molecule has 0 aliphatic carbocycles. The lowest BCUT2D eigenvalue weighted by Gasteiger charge is -2.36. The Morgan fingerprint density at radius 1 is 0.439 bits per heavy atom. The third-order valence-electron chi connectivity index (χ3n) is 15.0. The van der Waals surface area contributed by atoms with Crippen molar-refractivity contribution in [2.45, 2.75) is 52.4 Å². The Labute approximate surface area is 384 Å². The smallest absolute Gasteiger partial charge is 0.253 e. The van der Waals surface area contributed by atoms with E-state index in [2.05, 4.69) is 227 Å². The van der Waals surface area contributed by atoms with Gasteiger partial charge in [0, 0.05) is 49.4 Å². The zero-order chi connectivity index (χ0) is 44.4. The Bertz CT molecular complexity index is 4060. The Morgan fingerprint density at radius 2 is 1.09 bits per heavy atom. The third kappa shape index (κ3) is 5.05. The Morgan fingerprint density at radius 3 is 1.85 bits per heavy atom. The van der Waals surface area contributed by atoms with E-state index >= 15 is 0 Å². The summed E-state index contributed by atoms with van der Waals surface area (Å²) in [7, 11) is 0. The van der Waals surface area contributed by atoms with Crippen molar-refractivity contribution in [1.29, 1.82) is 0 Å². The predicted molar refractivity (Wildman–Crippen MR) is 281 cm³/mol. The van der Waals surface area contributed by atoms with Gasteiger partial charge in [0.2, 0.25) is 0 Å². The molecule has 314 valence electrons. The number of benzene rings is 9. The van der Waals surface area contributed by atoms with Gasteiger partial charge in [0.25, 0.3) is 6.71 Å². The first-order chi connectivity index (χ1) is 32.0. The van der Waals surface area contributed by atoms with Crippen molar-refractivity contribution >= 4 is 88.5 Å². The van der Waals surface area contributed by atoms with Crippen LogP contribution in [-0.4, -0.2) is 15.8 Å². The molecule has 0 atom stereocenters. The minimum absolute atomic E-state index is 0.00853. The van der Waals surface area contributed by atoms with E-state index in [1.165, 1.54) is 116 Å². The van der Waals surface area contributed by atoms with Gasteiger partial charge in [-0.2, -0.15) is 0 Å². The molecule has 0 fully saturated rings. The lowest BCUT2D eigenvalue weighted by molar-refractivity contribution is 0.590. The van der Waals surface area contributed by atoms with E-state index in [9.17, 15) is 0 Å². The second-order valence-corrected chi connectivity index (χ2v) is 20.9. The van der Waals surface area contributed by atoms with Crippen LogP contribution in [0.2, 0.25) is 0 Å². The number of aromatic nitrogens is 2. The highest BCUT2D eigenvalue weighted by atomic mass is 16.3. The molecule has 12 aromatic rings. The van der Waals surface area contributed by atoms with E-state index in [-0.39, 0.29) is 17.5 Å². The molecule has 0 saturated heterocycles. The number of hydrogen-bond acceptors (Lipinski definition) is 1. The van der Waals surface area contributed by atoms with Crippen LogP contribution in [-0.2, 0) is 10.8 Å². The maximum atomic E-state index is 6.58. The molecule has 3 aromatic heterocycles. The van der Waals surface area contributed by atoms with Gasteiger partial charge in [-0.15, -0.1) is 0 Å². The van der Waals surface area contributed by atoms with Crippen LogP contribution in [0.4, 0.5) is 0 Å². The average Bonchev–Trinajstić information content (AvgIpc) is 3.99. The molecule has 0 N–H and O–H groups in total. The summed E-state index contributed by atoms with van der Waals surface area (Å²) in [5.74, 6) is 0. The van der Waals surface area contributed by atoms with E-state index in [0.29, 0.717) is 0 Å². The fourth-order valence-electron chi connectivity index (χ4n) is 11.9. The van der Waals surface area contributed by atoms with Crippen LogP contribution >= 0.6 is 0 Å². The fraction of sp³-hybridized carbons (Fsp3) is 0.129. The Kier molecular flexibility index (Phi) is 7.47. The third-order valence-corrected chi connectivity index (χ3v) is 15.0. The summed E-state index contributed by atoms with van der Waals surface area (Å²) in [6.45, 7) is 14.1. The minimum Gasteiger partial charge on any atom is -0.456 e. The van der Waals surface area contributed by atoms with Crippen LogP contribution < -0.4 is 16.4 Å². The Hall–Kier alpha value is -7.56. The molecule has 66 heavy (non-hydrogen) atoms. The highest BCUT2D eigenvalue weighted by Gasteiger charge is 2.44. The van der Waals surface area contributed by atoms with E-state index in [4.69, 9.17) is 4.42 Å². The molecular formula is C62H47BN2O. The summed E-state index contributed by atoms with van der Waals surface area (Å²) in [4.78, 5) is 0. The van der Waals surface area contributed by atoms with Gasteiger partial charge in [-0.25, -0.2) is 0 Å². The summed E-state index contributed by atoms with van der Waals surface area (Å²) in [5.41, 5.74) is 22.0. The van der Waals surface area contributed by atoms with Gasteiger partial charge in [-0.1, -0.05) is 169 Å². The SMILES string of the molecule is CC(C)(C)c1ccc2c(c1)c1cc(C(C)(C)C)cc3c1n2-c1cc(-c2cccc4oc5ccccc5c24)cc2c1B3c1c3ccccc3cc3c(-c4ccccc4)c(-c4ccccc4)n-2c13. The number of furan rings is 1. The highest BCUT2D eigenvalue weighted by Crippen LogP contribution is 2.48. The number of para-hydroxylation sites is 1. The number of nitrogens with zero attached hydrogens (tertiary/aromatic N) is 2. The molecule has 4 heteroatoms. The number of rotatable bonds is 3. The zero-order valence-electron chi connectivity index (χ0n) is 38.1. The van der Waals surface area contributed by atoms with Crippen LogP contribution in [0.25, 0.3) is 110 Å². The number of hydrogen-bond donors (Lipinski definition) is 0. The average molecular weight is 847 g/mol. The van der Waals surface area contributed by atoms with Crippen molar-refractivity contribution in [3.8, 4) is 44.9 Å². The molecule has 0 amide bonds. The molecule has 9 aromatic carbocycles. The van der Waals surface area contributed by atoms with Crippen LogP contribution in [0.1, 0.15) is 52.7 Å². The zero-order valence-corrected chi connectivity index (χ0v) is 38.1. The molecule has 0 spiro atoms. The summed E-state index contributed by atoms with van der Waals surface area (Å²) >= 11 is 0. The van der Waals surface area contributed by atoms with Gasteiger partial charge in [0.05, 0.1) is 16.7 Å². The fourth-order valence-corrected chi connectivity index (χ4v) is 11.9. The second-order valence-electron chi connectivity index (χ2n) is 20.9. The van der Waals surface area contributed by atoms with E-state index < -0.39 is 0 Å². The van der Waals surface area contributed by atoms with Crippen LogP contribution in [0.15, 0.2) is 180 Å². The van der Waals surface area contributed by atoms with E-state index in [1.807, 2.05) is 0 Å². The molecule has 14 rings (SSSR count). The topological polar surface area (TPSA) is 23.0 Å². The van der Waals surface area contributed by atoms with Crippen LogP contribution in [0.5, 0.6) is 0 Å². The quantitative estimate of drug-likeness (QED) is 0.162. The van der Waals surface area contributed by atoms with Gasteiger partial charge < -0.3 is 13.6 Å². The molecule has 2 aliphatic heterocycles. The second kappa shape index (κ2) is 13.0. The van der Waals surface area contributed by atoms with E-state index in [1.54, 1.807) is 0 Å². The normalized spacial score (nSPS) is 13.3. The molecule has 3 nitrogen and oxygen atoms in total. The first-order valence-corrected chi connectivity index (χ1v) is 23.5. The monoisotopic (exact) mass is 846 g/mol. The van der Waals surface area contributed by atoms with Gasteiger partial charge in [-0.3, -0.25) is 0 Å². The first kappa shape index (κ1) is 37.8. The van der Waals surface area contributed by atoms with Gasteiger partial charge in [0.1, 0.15) is 11.2 Å². The lowest BCUT2D eigenvalue weighted by atomic mass is 9.33. The van der Waals surface area contributed by atoms with Gasteiger partial charge in [0.15, 0.2) is 0 Å². The number of fused-ring (bicyclic) bond motifs is 12. The van der Waals surface area contributed by atoms with Crippen molar-refractivity contribution in [2.75, 3.05) is 0 Å². The maximum absolute atomic E-state index is 6.58.